The SMILES string of the molecule is CCNC(=NCc1ccc(F)cc1)NCc1ncc(C)c(OC)c1C.I. The van der Waals surface area contributed by atoms with E-state index in [0.29, 0.717) is 19.0 Å². The van der Waals surface area contributed by atoms with Gasteiger partial charge in [-0.2, -0.15) is 0 Å². The molecule has 0 spiro atoms. The molecule has 0 aliphatic carbocycles. The fourth-order valence-corrected chi connectivity index (χ4v) is 2.52. The summed E-state index contributed by atoms with van der Waals surface area (Å²) in [6.07, 6.45) is 1.81. The van der Waals surface area contributed by atoms with Crippen LogP contribution >= 0.6 is 24.0 Å². The van der Waals surface area contributed by atoms with Crippen LogP contribution in [0.1, 0.15) is 29.3 Å². The number of nitrogens with zero attached hydrogens (tertiary/aromatic N) is 2. The van der Waals surface area contributed by atoms with E-state index < -0.39 is 0 Å². The molecule has 0 atom stereocenters. The molecule has 7 heteroatoms. The number of ether oxygens (including phenoxy) is 1. The molecule has 0 unspecified atom stereocenters. The Kier molecular flexibility index (Phi) is 9.32. The molecule has 2 aromatic rings. The number of guanidine groups is 1. The molecule has 0 aliphatic heterocycles. The molecular formula is C19H26FIN4O. The van der Waals surface area contributed by atoms with Crippen LogP contribution < -0.4 is 15.4 Å². The predicted octanol–water partition coefficient (Wildman–Crippen LogP) is 3.72. The highest BCUT2D eigenvalue weighted by Gasteiger charge is 2.09. The fraction of sp³-hybridized carbons (Fsp3) is 0.368. The molecule has 2 rings (SSSR count). The largest absolute Gasteiger partial charge is 0.496 e. The molecule has 26 heavy (non-hydrogen) atoms. The van der Waals surface area contributed by atoms with E-state index in [-0.39, 0.29) is 29.8 Å². The number of benzene rings is 1. The highest BCUT2D eigenvalue weighted by Crippen LogP contribution is 2.23. The van der Waals surface area contributed by atoms with Crippen LogP contribution in [-0.2, 0) is 13.1 Å². The van der Waals surface area contributed by atoms with Crippen molar-refractivity contribution in [3.05, 3.63) is 58.7 Å². The van der Waals surface area contributed by atoms with Gasteiger partial charge < -0.3 is 15.4 Å². The number of methoxy groups -OCH3 is 1. The lowest BCUT2D eigenvalue weighted by Crippen LogP contribution is -2.37. The molecule has 0 bridgehead atoms. The van der Waals surface area contributed by atoms with Crippen LogP contribution in [0.2, 0.25) is 0 Å². The Morgan fingerprint density at radius 1 is 1.19 bits per heavy atom. The number of rotatable bonds is 6. The zero-order valence-corrected chi connectivity index (χ0v) is 17.9. The van der Waals surface area contributed by atoms with Gasteiger partial charge in [0.15, 0.2) is 5.96 Å². The highest BCUT2D eigenvalue weighted by atomic mass is 127. The fourth-order valence-electron chi connectivity index (χ4n) is 2.52. The summed E-state index contributed by atoms with van der Waals surface area (Å²) in [5, 5.41) is 6.48. The lowest BCUT2D eigenvalue weighted by molar-refractivity contribution is 0.406. The number of hydrogen-bond acceptors (Lipinski definition) is 3. The number of nitrogens with one attached hydrogen (secondary N) is 2. The summed E-state index contributed by atoms with van der Waals surface area (Å²) in [5.41, 5.74) is 3.89. The van der Waals surface area contributed by atoms with Gasteiger partial charge in [-0.05, 0) is 38.5 Å². The first-order chi connectivity index (χ1) is 12.0. The average Bonchev–Trinajstić information content (AvgIpc) is 2.60. The van der Waals surface area contributed by atoms with Crippen LogP contribution in [0, 0.1) is 19.7 Å². The molecule has 0 aliphatic rings. The third-order valence-corrected chi connectivity index (χ3v) is 3.85. The highest BCUT2D eigenvalue weighted by molar-refractivity contribution is 14.0. The maximum atomic E-state index is 13.0. The summed E-state index contributed by atoms with van der Waals surface area (Å²) in [6, 6.07) is 6.35. The van der Waals surface area contributed by atoms with E-state index >= 15 is 0 Å². The summed E-state index contributed by atoms with van der Waals surface area (Å²) < 4.78 is 18.4. The van der Waals surface area contributed by atoms with Crippen LogP contribution in [0.4, 0.5) is 4.39 Å². The van der Waals surface area contributed by atoms with Crippen molar-refractivity contribution in [2.45, 2.75) is 33.9 Å². The molecule has 142 valence electrons. The monoisotopic (exact) mass is 472 g/mol. The Labute approximate surface area is 171 Å². The Hall–Kier alpha value is -1.90. The van der Waals surface area contributed by atoms with Crippen LogP contribution in [-0.4, -0.2) is 24.6 Å². The summed E-state index contributed by atoms with van der Waals surface area (Å²) in [7, 11) is 1.67. The number of aliphatic imine (C=N–C) groups is 1. The smallest absolute Gasteiger partial charge is 0.191 e. The predicted molar refractivity (Wildman–Crippen MR) is 114 cm³/mol. The Bertz CT molecular complexity index is 735. The average molecular weight is 472 g/mol. The van der Waals surface area contributed by atoms with Crippen LogP contribution in [0.15, 0.2) is 35.5 Å². The third kappa shape index (κ3) is 6.12. The lowest BCUT2D eigenvalue weighted by Gasteiger charge is -2.15. The first-order valence-electron chi connectivity index (χ1n) is 8.30. The van der Waals surface area contributed by atoms with Gasteiger partial charge in [-0.15, -0.1) is 24.0 Å². The van der Waals surface area contributed by atoms with E-state index in [2.05, 4.69) is 20.6 Å². The minimum atomic E-state index is -0.243. The Morgan fingerprint density at radius 3 is 2.50 bits per heavy atom. The Balaban J connectivity index is 0.00000338. The van der Waals surface area contributed by atoms with Gasteiger partial charge in [-0.3, -0.25) is 4.98 Å². The van der Waals surface area contributed by atoms with E-state index in [9.17, 15) is 4.39 Å². The first-order valence-corrected chi connectivity index (χ1v) is 8.30. The lowest BCUT2D eigenvalue weighted by atomic mass is 10.1. The molecule has 1 heterocycles. The van der Waals surface area contributed by atoms with Crippen molar-refractivity contribution in [2.24, 2.45) is 4.99 Å². The molecule has 0 saturated heterocycles. The van der Waals surface area contributed by atoms with E-state index in [4.69, 9.17) is 4.74 Å². The molecule has 1 aromatic heterocycles. The van der Waals surface area contributed by atoms with E-state index in [1.165, 1.54) is 12.1 Å². The molecule has 1 aromatic carbocycles. The van der Waals surface area contributed by atoms with Crippen molar-refractivity contribution < 1.29 is 9.13 Å². The molecule has 2 N–H and O–H groups in total. The second kappa shape index (κ2) is 10.9. The number of aromatic nitrogens is 1. The van der Waals surface area contributed by atoms with Crippen LogP contribution in [0.3, 0.4) is 0 Å². The van der Waals surface area contributed by atoms with Crippen LogP contribution in [0.5, 0.6) is 5.75 Å². The standard InChI is InChI=1S/C19H25FN4O.HI/c1-5-21-19(23-11-15-6-8-16(20)9-7-15)24-12-17-14(3)18(25-4)13(2)10-22-17;/h6-10H,5,11-12H2,1-4H3,(H2,21,23,24);1H. The van der Waals surface area contributed by atoms with Gasteiger partial charge in [0.1, 0.15) is 11.6 Å². The number of pyridine rings is 1. The van der Waals surface area contributed by atoms with Gasteiger partial charge in [0.25, 0.3) is 0 Å². The minimum Gasteiger partial charge on any atom is -0.496 e. The summed E-state index contributed by atoms with van der Waals surface area (Å²) in [4.78, 5) is 9.01. The summed E-state index contributed by atoms with van der Waals surface area (Å²) in [5.74, 6) is 1.31. The number of aryl methyl sites for hydroxylation is 1. The second-order valence-electron chi connectivity index (χ2n) is 5.72. The van der Waals surface area contributed by atoms with Crippen molar-refractivity contribution in [2.75, 3.05) is 13.7 Å². The molecular weight excluding hydrogens is 446 g/mol. The summed E-state index contributed by atoms with van der Waals surface area (Å²) >= 11 is 0. The van der Waals surface area contributed by atoms with Crippen molar-refractivity contribution in [1.82, 2.24) is 15.6 Å². The minimum absolute atomic E-state index is 0. The van der Waals surface area contributed by atoms with E-state index in [0.717, 1.165) is 34.7 Å². The van der Waals surface area contributed by atoms with Gasteiger partial charge in [-0.1, -0.05) is 12.1 Å². The zero-order valence-electron chi connectivity index (χ0n) is 15.6. The van der Waals surface area contributed by atoms with Crippen molar-refractivity contribution in [3.63, 3.8) is 0 Å². The number of hydrogen-bond donors (Lipinski definition) is 2. The van der Waals surface area contributed by atoms with Crippen LogP contribution in [0.25, 0.3) is 0 Å². The molecule has 0 fully saturated rings. The normalized spacial score (nSPS) is 10.9. The maximum absolute atomic E-state index is 13.0. The van der Waals surface area contributed by atoms with Crippen molar-refractivity contribution in [3.8, 4) is 5.75 Å². The van der Waals surface area contributed by atoms with Crippen molar-refractivity contribution >= 4 is 29.9 Å². The molecule has 0 radical (unpaired) electrons. The quantitative estimate of drug-likeness (QED) is 0.383. The van der Waals surface area contributed by atoms with Gasteiger partial charge in [0, 0.05) is 23.9 Å². The van der Waals surface area contributed by atoms with E-state index in [1.807, 2.05) is 27.0 Å². The summed E-state index contributed by atoms with van der Waals surface area (Å²) in [6.45, 7) is 7.74. The van der Waals surface area contributed by atoms with Gasteiger partial charge >= 0.3 is 0 Å². The van der Waals surface area contributed by atoms with Gasteiger partial charge in [-0.25, -0.2) is 9.38 Å². The topological polar surface area (TPSA) is 58.5 Å². The molecule has 0 amide bonds. The zero-order chi connectivity index (χ0) is 18.2. The molecule has 0 saturated carbocycles. The Morgan fingerprint density at radius 2 is 1.88 bits per heavy atom. The van der Waals surface area contributed by atoms with Gasteiger partial charge in [0.05, 0.1) is 25.9 Å². The third-order valence-electron chi connectivity index (χ3n) is 3.85. The van der Waals surface area contributed by atoms with Gasteiger partial charge in [0.2, 0.25) is 0 Å². The number of halogens is 2. The van der Waals surface area contributed by atoms with E-state index in [1.54, 1.807) is 19.2 Å². The second-order valence-corrected chi connectivity index (χ2v) is 5.72. The first kappa shape index (κ1) is 22.1. The van der Waals surface area contributed by atoms with Crippen molar-refractivity contribution in [1.29, 1.82) is 0 Å². The maximum Gasteiger partial charge on any atom is 0.191 e. The molecule has 5 nitrogen and oxygen atoms in total.